The lowest BCUT2D eigenvalue weighted by Crippen LogP contribution is -2.47. The molecule has 2 rings (SSSR count). The summed E-state index contributed by atoms with van der Waals surface area (Å²) in [7, 11) is 0. The molecule has 2 aliphatic rings. The minimum absolute atomic E-state index is 0.170. The van der Waals surface area contributed by atoms with Crippen molar-refractivity contribution in [2.45, 2.75) is 64.1 Å². The number of fused-ring (bicyclic) bond motifs is 1. The Kier molecular flexibility index (Phi) is 4.83. The van der Waals surface area contributed by atoms with Crippen molar-refractivity contribution in [3.8, 4) is 0 Å². The van der Waals surface area contributed by atoms with Gasteiger partial charge in [0, 0.05) is 18.6 Å². The maximum atomic E-state index is 9.86. The smallest absolute Gasteiger partial charge is 0.0667 e. The Morgan fingerprint density at radius 1 is 1.29 bits per heavy atom. The van der Waals surface area contributed by atoms with Gasteiger partial charge in [-0.15, -0.1) is 0 Å². The zero-order valence-electron chi connectivity index (χ0n) is 11.4. The molecule has 0 spiro atoms. The Labute approximate surface area is 106 Å². The standard InChI is InChI=1S/C14H28N2O/c1-11(2)8-14(17)10-15-12-5-7-16-6-3-4-13(16)9-12/h11-15,17H,3-10H2,1-2H3. The summed E-state index contributed by atoms with van der Waals surface area (Å²) < 4.78 is 0. The highest BCUT2D eigenvalue weighted by atomic mass is 16.3. The van der Waals surface area contributed by atoms with Crippen molar-refractivity contribution in [1.82, 2.24) is 10.2 Å². The number of piperidine rings is 1. The molecule has 2 N–H and O–H groups in total. The number of aliphatic hydroxyl groups excluding tert-OH is 1. The molecule has 0 aromatic heterocycles. The van der Waals surface area contributed by atoms with Gasteiger partial charge in [0.1, 0.15) is 0 Å². The van der Waals surface area contributed by atoms with E-state index in [2.05, 4.69) is 24.1 Å². The van der Waals surface area contributed by atoms with Gasteiger partial charge in [-0.05, 0) is 51.1 Å². The first kappa shape index (κ1) is 13.3. The average molecular weight is 240 g/mol. The Balaban J connectivity index is 1.66. The summed E-state index contributed by atoms with van der Waals surface area (Å²) in [5.41, 5.74) is 0. The number of hydrogen-bond donors (Lipinski definition) is 2. The summed E-state index contributed by atoms with van der Waals surface area (Å²) >= 11 is 0. The van der Waals surface area contributed by atoms with Gasteiger partial charge in [-0.1, -0.05) is 13.8 Å². The second kappa shape index (κ2) is 6.17. The maximum Gasteiger partial charge on any atom is 0.0667 e. The highest BCUT2D eigenvalue weighted by Crippen LogP contribution is 2.26. The van der Waals surface area contributed by atoms with E-state index in [-0.39, 0.29) is 6.10 Å². The van der Waals surface area contributed by atoms with Crippen LogP contribution in [0.25, 0.3) is 0 Å². The van der Waals surface area contributed by atoms with Gasteiger partial charge in [0.25, 0.3) is 0 Å². The van der Waals surface area contributed by atoms with Crippen molar-refractivity contribution in [2.75, 3.05) is 19.6 Å². The molecule has 3 heteroatoms. The lowest BCUT2D eigenvalue weighted by Gasteiger charge is -2.35. The molecule has 3 atom stereocenters. The summed E-state index contributed by atoms with van der Waals surface area (Å²) in [4.78, 5) is 2.64. The lowest BCUT2D eigenvalue weighted by atomic mass is 9.97. The minimum Gasteiger partial charge on any atom is -0.392 e. The van der Waals surface area contributed by atoms with Gasteiger partial charge in [0.15, 0.2) is 0 Å². The molecule has 100 valence electrons. The highest BCUT2D eigenvalue weighted by Gasteiger charge is 2.31. The number of nitrogens with one attached hydrogen (secondary N) is 1. The molecule has 0 aromatic rings. The van der Waals surface area contributed by atoms with Crippen LogP contribution >= 0.6 is 0 Å². The average Bonchev–Trinajstić information content (AvgIpc) is 2.72. The van der Waals surface area contributed by atoms with E-state index in [0.717, 1.165) is 19.0 Å². The highest BCUT2D eigenvalue weighted by molar-refractivity contribution is 4.89. The molecule has 0 amide bonds. The van der Waals surface area contributed by atoms with Gasteiger partial charge >= 0.3 is 0 Å². The zero-order valence-corrected chi connectivity index (χ0v) is 11.4. The summed E-state index contributed by atoms with van der Waals surface area (Å²) in [6.07, 6.45) is 6.05. The molecule has 17 heavy (non-hydrogen) atoms. The van der Waals surface area contributed by atoms with Crippen molar-refractivity contribution in [1.29, 1.82) is 0 Å². The third kappa shape index (κ3) is 3.94. The number of aliphatic hydroxyl groups is 1. The topological polar surface area (TPSA) is 35.5 Å². The monoisotopic (exact) mass is 240 g/mol. The van der Waals surface area contributed by atoms with E-state index < -0.39 is 0 Å². The Bertz CT molecular complexity index is 232. The summed E-state index contributed by atoms with van der Waals surface area (Å²) in [5, 5.41) is 13.4. The van der Waals surface area contributed by atoms with Crippen molar-refractivity contribution >= 4 is 0 Å². The van der Waals surface area contributed by atoms with Crippen molar-refractivity contribution < 1.29 is 5.11 Å². The molecular formula is C14H28N2O. The predicted octanol–water partition coefficient (Wildman–Crippen LogP) is 1.61. The van der Waals surface area contributed by atoms with E-state index in [1.807, 2.05) is 0 Å². The fourth-order valence-corrected chi connectivity index (χ4v) is 3.34. The minimum atomic E-state index is -0.170. The van der Waals surface area contributed by atoms with Crippen LogP contribution in [0.4, 0.5) is 0 Å². The predicted molar refractivity (Wildman–Crippen MR) is 71.1 cm³/mol. The number of hydrogen-bond acceptors (Lipinski definition) is 3. The van der Waals surface area contributed by atoms with Gasteiger partial charge < -0.3 is 15.3 Å². The Hall–Kier alpha value is -0.120. The lowest BCUT2D eigenvalue weighted by molar-refractivity contribution is 0.124. The first-order valence-corrected chi connectivity index (χ1v) is 7.30. The first-order chi connectivity index (χ1) is 8.15. The quantitative estimate of drug-likeness (QED) is 0.766. The fraction of sp³-hybridized carbons (Fsp3) is 1.00. The van der Waals surface area contributed by atoms with Crippen molar-refractivity contribution in [3.05, 3.63) is 0 Å². The largest absolute Gasteiger partial charge is 0.392 e. The van der Waals surface area contributed by atoms with E-state index >= 15 is 0 Å². The van der Waals surface area contributed by atoms with Crippen molar-refractivity contribution in [2.24, 2.45) is 5.92 Å². The number of rotatable bonds is 5. The fourth-order valence-electron chi connectivity index (χ4n) is 3.34. The molecule has 0 aromatic carbocycles. The van der Waals surface area contributed by atoms with Crippen LogP contribution in [0.3, 0.4) is 0 Å². The second-order valence-corrected chi connectivity index (χ2v) is 6.24. The molecule has 2 fully saturated rings. The third-order valence-corrected chi connectivity index (χ3v) is 4.21. The molecule has 0 aliphatic carbocycles. The van der Waals surface area contributed by atoms with Crippen LogP contribution in [0, 0.1) is 5.92 Å². The van der Waals surface area contributed by atoms with Gasteiger partial charge in [0.05, 0.1) is 6.10 Å². The molecule has 2 saturated heterocycles. The summed E-state index contributed by atoms with van der Waals surface area (Å²) in [6, 6.07) is 1.46. The first-order valence-electron chi connectivity index (χ1n) is 7.30. The van der Waals surface area contributed by atoms with Crippen LogP contribution in [0.5, 0.6) is 0 Å². The number of nitrogens with zero attached hydrogens (tertiary/aromatic N) is 1. The summed E-state index contributed by atoms with van der Waals surface area (Å²) in [5.74, 6) is 0.587. The van der Waals surface area contributed by atoms with E-state index in [4.69, 9.17) is 0 Å². The molecule has 0 bridgehead atoms. The normalized spacial score (nSPS) is 31.8. The van der Waals surface area contributed by atoms with Gasteiger partial charge in [0.2, 0.25) is 0 Å². The molecular weight excluding hydrogens is 212 g/mol. The third-order valence-electron chi connectivity index (χ3n) is 4.21. The van der Waals surface area contributed by atoms with Crippen LogP contribution < -0.4 is 5.32 Å². The SMILES string of the molecule is CC(C)CC(O)CNC1CCN2CCCC2C1. The molecule has 3 unspecified atom stereocenters. The van der Waals surface area contributed by atoms with Gasteiger partial charge in [-0.25, -0.2) is 0 Å². The zero-order chi connectivity index (χ0) is 12.3. The molecule has 0 radical (unpaired) electrons. The molecule has 2 heterocycles. The molecule has 2 aliphatic heterocycles. The van der Waals surface area contributed by atoms with E-state index in [9.17, 15) is 5.11 Å². The Morgan fingerprint density at radius 3 is 2.88 bits per heavy atom. The maximum absolute atomic E-state index is 9.86. The van der Waals surface area contributed by atoms with E-state index in [1.165, 1.54) is 38.8 Å². The van der Waals surface area contributed by atoms with Crippen LogP contribution in [-0.4, -0.2) is 47.8 Å². The van der Waals surface area contributed by atoms with E-state index in [0.29, 0.717) is 12.0 Å². The van der Waals surface area contributed by atoms with Crippen LogP contribution in [0.2, 0.25) is 0 Å². The van der Waals surface area contributed by atoms with Gasteiger partial charge in [-0.2, -0.15) is 0 Å². The van der Waals surface area contributed by atoms with Crippen molar-refractivity contribution in [3.63, 3.8) is 0 Å². The van der Waals surface area contributed by atoms with Crippen LogP contribution in [0.1, 0.15) is 46.0 Å². The molecule has 0 saturated carbocycles. The summed E-state index contributed by atoms with van der Waals surface area (Å²) in [6.45, 7) is 7.67. The van der Waals surface area contributed by atoms with Crippen LogP contribution in [0.15, 0.2) is 0 Å². The van der Waals surface area contributed by atoms with Gasteiger partial charge in [-0.3, -0.25) is 0 Å². The Morgan fingerprint density at radius 2 is 2.12 bits per heavy atom. The van der Waals surface area contributed by atoms with Crippen LogP contribution in [-0.2, 0) is 0 Å². The van der Waals surface area contributed by atoms with E-state index in [1.54, 1.807) is 0 Å². The molecule has 3 nitrogen and oxygen atoms in total. The second-order valence-electron chi connectivity index (χ2n) is 6.24.